The Morgan fingerprint density at radius 2 is 2.44 bits per heavy atom. The Balaban J connectivity index is 2.09. The summed E-state index contributed by atoms with van der Waals surface area (Å²) in [5.41, 5.74) is 6.29. The Kier molecular flexibility index (Phi) is 3.67. The number of nitrogens with zero attached hydrogens (tertiary/aromatic N) is 1. The van der Waals surface area contributed by atoms with Crippen LogP contribution in [-0.2, 0) is 6.54 Å². The summed E-state index contributed by atoms with van der Waals surface area (Å²) in [7, 11) is 2.23. The topological polar surface area (TPSA) is 29.3 Å². The summed E-state index contributed by atoms with van der Waals surface area (Å²) in [6.45, 7) is 4.18. The van der Waals surface area contributed by atoms with Crippen molar-refractivity contribution in [2.75, 3.05) is 13.6 Å². The molecule has 0 radical (unpaired) electrons. The molecule has 0 aromatic carbocycles. The molecule has 2 rings (SSSR count). The van der Waals surface area contributed by atoms with Gasteiger partial charge in [-0.2, -0.15) is 0 Å². The quantitative estimate of drug-likeness (QED) is 0.874. The summed E-state index contributed by atoms with van der Waals surface area (Å²) in [6, 6.07) is 4.34. The van der Waals surface area contributed by atoms with E-state index in [1.54, 1.807) is 0 Å². The van der Waals surface area contributed by atoms with Crippen LogP contribution in [0.2, 0.25) is 0 Å². The van der Waals surface area contributed by atoms with Gasteiger partial charge < -0.3 is 5.73 Å². The largest absolute Gasteiger partial charge is 0.329 e. The summed E-state index contributed by atoms with van der Waals surface area (Å²) in [4.78, 5) is 3.92. The molecule has 0 aliphatic heterocycles. The van der Waals surface area contributed by atoms with Crippen molar-refractivity contribution in [1.82, 2.24) is 4.90 Å². The maximum Gasteiger partial charge on any atom is 0.0358 e. The van der Waals surface area contributed by atoms with Gasteiger partial charge in [-0.15, -0.1) is 11.3 Å². The third-order valence-electron chi connectivity index (χ3n) is 4.25. The average molecular weight is 238 g/mol. The van der Waals surface area contributed by atoms with Crippen molar-refractivity contribution in [3.8, 4) is 0 Å². The fraction of sp³-hybridized carbons (Fsp3) is 0.692. The van der Waals surface area contributed by atoms with Gasteiger partial charge in [0.25, 0.3) is 0 Å². The van der Waals surface area contributed by atoms with Crippen molar-refractivity contribution in [2.24, 2.45) is 11.7 Å². The standard InChI is InChI=1S/C13H22N2S/c1-11-5-3-7-13(11,10-14)15(2)9-12-6-4-8-16-12/h4,6,8,11H,3,5,7,9-10,14H2,1-2H3. The predicted octanol–water partition coefficient (Wildman–Crippen LogP) is 2.70. The molecule has 0 saturated heterocycles. The maximum absolute atomic E-state index is 6.05. The maximum atomic E-state index is 6.05. The molecule has 16 heavy (non-hydrogen) atoms. The van der Waals surface area contributed by atoms with Gasteiger partial charge in [0.15, 0.2) is 0 Å². The zero-order valence-corrected chi connectivity index (χ0v) is 11.1. The van der Waals surface area contributed by atoms with Crippen LogP contribution in [0.25, 0.3) is 0 Å². The van der Waals surface area contributed by atoms with Crippen LogP contribution in [0, 0.1) is 5.92 Å². The normalized spacial score (nSPS) is 30.1. The zero-order valence-electron chi connectivity index (χ0n) is 10.3. The van der Waals surface area contributed by atoms with Crippen molar-refractivity contribution in [3.63, 3.8) is 0 Å². The van der Waals surface area contributed by atoms with Gasteiger partial charge in [0.1, 0.15) is 0 Å². The fourth-order valence-electron chi connectivity index (χ4n) is 3.05. The summed E-state index contributed by atoms with van der Waals surface area (Å²) < 4.78 is 0. The molecule has 90 valence electrons. The van der Waals surface area contributed by atoms with Crippen LogP contribution in [-0.4, -0.2) is 24.0 Å². The molecule has 1 aromatic heterocycles. The van der Waals surface area contributed by atoms with Gasteiger partial charge in [-0.1, -0.05) is 19.4 Å². The van der Waals surface area contributed by atoms with Gasteiger partial charge in [-0.05, 0) is 37.3 Å². The van der Waals surface area contributed by atoms with E-state index in [1.165, 1.54) is 24.1 Å². The lowest BCUT2D eigenvalue weighted by Gasteiger charge is -2.41. The van der Waals surface area contributed by atoms with Crippen LogP contribution in [0.5, 0.6) is 0 Å². The number of hydrogen-bond acceptors (Lipinski definition) is 3. The molecule has 2 N–H and O–H groups in total. The van der Waals surface area contributed by atoms with Crippen LogP contribution >= 0.6 is 11.3 Å². The molecule has 1 aliphatic carbocycles. The number of rotatable bonds is 4. The molecular weight excluding hydrogens is 216 g/mol. The van der Waals surface area contributed by atoms with E-state index < -0.39 is 0 Å². The van der Waals surface area contributed by atoms with Crippen LogP contribution in [0.1, 0.15) is 31.1 Å². The van der Waals surface area contributed by atoms with Crippen molar-refractivity contribution in [3.05, 3.63) is 22.4 Å². The monoisotopic (exact) mass is 238 g/mol. The highest BCUT2D eigenvalue weighted by Gasteiger charge is 2.42. The fourth-order valence-corrected chi connectivity index (χ4v) is 3.81. The molecule has 2 nitrogen and oxygen atoms in total. The minimum atomic E-state index is 0.240. The Labute approximate surface area is 102 Å². The number of hydrogen-bond donors (Lipinski definition) is 1. The van der Waals surface area contributed by atoms with Crippen LogP contribution < -0.4 is 5.73 Å². The zero-order chi connectivity index (χ0) is 11.6. The van der Waals surface area contributed by atoms with Crippen LogP contribution in [0.4, 0.5) is 0 Å². The molecule has 1 aliphatic rings. The third kappa shape index (κ3) is 2.04. The molecular formula is C13H22N2S. The van der Waals surface area contributed by atoms with Gasteiger partial charge in [0, 0.05) is 23.5 Å². The molecule has 0 bridgehead atoms. The van der Waals surface area contributed by atoms with Gasteiger partial charge in [-0.25, -0.2) is 0 Å². The molecule has 2 atom stereocenters. The lowest BCUT2D eigenvalue weighted by atomic mass is 9.86. The molecule has 0 spiro atoms. The molecule has 1 heterocycles. The second-order valence-electron chi connectivity index (χ2n) is 5.04. The summed E-state index contributed by atoms with van der Waals surface area (Å²) in [6.07, 6.45) is 3.91. The highest BCUT2D eigenvalue weighted by atomic mass is 32.1. The second kappa shape index (κ2) is 4.86. The van der Waals surface area contributed by atoms with Gasteiger partial charge in [0.2, 0.25) is 0 Å². The van der Waals surface area contributed by atoms with Crippen molar-refractivity contribution in [1.29, 1.82) is 0 Å². The third-order valence-corrected chi connectivity index (χ3v) is 5.11. The van der Waals surface area contributed by atoms with E-state index >= 15 is 0 Å². The predicted molar refractivity (Wildman–Crippen MR) is 70.6 cm³/mol. The van der Waals surface area contributed by atoms with Gasteiger partial charge >= 0.3 is 0 Å². The minimum Gasteiger partial charge on any atom is -0.329 e. The van der Waals surface area contributed by atoms with E-state index in [1.807, 2.05) is 11.3 Å². The summed E-state index contributed by atoms with van der Waals surface area (Å²) in [5, 5.41) is 2.15. The second-order valence-corrected chi connectivity index (χ2v) is 6.07. The molecule has 3 heteroatoms. The van der Waals surface area contributed by atoms with Gasteiger partial charge in [-0.3, -0.25) is 4.90 Å². The van der Waals surface area contributed by atoms with E-state index in [9.17, 15) is 0 Å². The molecule has 2 unspecified atom stereocenters. The van der Waals surface area contributed by atoms with Crippen molar-refractivity contribution < 1.29 is 0 Å². The van der Waals surface area contributed by atoms with Crippen molar-refractivity contribution >= 4 is 11.3 Å². The highest BCUT2D eigenvalue weighted by molar-refractivity contribution is 7.09. The molecule has 1 aromatic rings. The first-order valence-electron chi connectivity index (χ1n) is 6.13. The number of nitrogens with two attached hydrogens (primary N) is 1. The SMILES string of the molecule is CC1CCCC1(CN)N(C)Cc1cccs1. The van der Waals surface area contributed by atoms with Crippen LogP contribution in [0.3, 0.4) is 0 Å². The first-order chi connectivity index (χ1) is 7.69. The van der Waals surface area contributed by atoms with E-state index in [0.29, 0.717) is 0 Å². The first-order valence-corrected chi connectivity index (χ1v) is 7.01. The Bertz CT molecular complexity index is 323. The Hall–Kier alpha value is -0.380. The van der Waals surface area contributed by atoms with E-state index in [4.69, 9.17) is 5.73 Å². The molecule has 1 saturated carbocycles. The molecule has 1 fully saturated rings. The van der Waals surface area contributed by atoms with Crippen molar-refractivity contribution in [2.45, 2.75) is 38.3 Å². The van der Waals surface area contributed by atoms with Crippen LogP contribution in [0.15, 0.2) is 17.5 Å². The van der Waals surface area contributed by atoms with E-state index in [-0.39, 0.29) is 5.54 Å². The average Bonchev–Trinajstić information content (AvgIpc) is 2.88. The van der Waals surface area contributed by atoms with Gasteiger partial charge in [0.05, 0.1) is 0 Å². The summed E-state index contributed by atoms with van der Waals surface area (Å²) in [5.74, 6) is 0.725. The Morgan fingerprint density at radius 3 is 2.94 bits per heavy atom. The lowest BCUT2D eigenvalue weighted by Crippen LogP contribution is -2.53. The van der Waals surface area contributed by atoms with E-state index in [2.05, 4.69) is 36.4 Å². The van der Waals surface area contributed by atoms with E-state index in [0.717, 1.165) is 19.0 Å². The molecule has 0 amide bonds. The lowest BCUT2D eigenvalue weighted by molar-refractivity contribution is 0.0851. The Morgan fingerprint density at radius 1 is 1.62 bits per heavy atom. The minimum absolute atomic E-state index is 0.240. The first kappa shape index (κ1) is 12.1. The smallest absolute Gasteiger partial charge is 0.0358 e. The number of likely N-dealkylation sites (N-methyl/N-ethyl adjacent to an activating group) is 1. The number of thiophene rings is 1. The highest BCUT2D eigenvalue weighted by Crippen LogP contribution is 2.39. The summed E-state index contributed by atoms with van der Waals surface area (Å²) >= 11 is 1.84.